The molecule has 2 heterocycles. The van der Waals surface area contributed by atoms with Gasteiger partial charge in [0.25, 0.3) is 0 Å². The van der Waals surface area contributed by atoms with Gasteiger partial charge in [-0.2, -0.15) is 0 Å². The van der Waals surface area contributed by atoms with E-state index in [4.69, 9.17) is 0 Å². The fourth-order valence-corrected chi connectivity index (χ4v) is 3.29. The van der Waals surface area contributed by atoms with E-state index in [1.165, 1.54) is 0 Å². The van der Waals surface area contributed by atoms with Crippen molar-refractivity contribution >= 4 is 35.3 Å². The predicted molar refractivity (Wildman–Crippen MR) is 93.8 cm³/mol. The Labute approximate surface area is 140 Å². The summed E-state index contributed by atoms with van der Waals surface area (Å²) < 4.78 is 0. The van der Waals surface area contributed by atoms with Crippen LogP contribution in [0.4, 0.5) is 5.69 Å². The Kier molecular flexibility index (Phi) is 5.94. The number of rotatable bonds is 3. The first-order valence-corrected chi connectivity index (χ1v) is 8.17. The molecule has 118 valence electrons. The van der Waals surface area contributed by atoms with Crippen molar-refractivity contribution in [3.63, 3.8) is 0 Å². The van der Waals surface area contributed by atoms with E-state index in [-0.39, 0.29) is 24.4 Å². The van der Waals surface area contributed by atoms with Crippen molar-refractivity contribution in [1.82, 2.24) is 10.3 Å². The lowest BCUT2D eigenvalue weighted by molar-refractivity contribution is -0.118. The van der Waals surface area contributed by atoms with Crippen LogP contribution in [0.15, 0.2) is 29.6 Å². The molecule has 1 unspecified atom stereocenters. The van der Waals surface area contributed by atoms with Gasteiger partial charge in [0.1, 0.15) is 5.01 Å². The zero-order valence-electron chi connectivity index (χ0n) is 12.5. The standard InChI is InChI=1S/C16H19N3OS.ClH/c1-11-10-21-16(18-11)12-5-7-13(8-6-12)19-15(20)14-4-2-3-9-17-14;/h5-8,10,14,17H,2-4,9H2,1H3,(H,19,20);1H. The molecule has 1 saturated heterocycles. The van der Waals surface area contributed by atoms with Gasteiger partial charge in [-0.3, -0.25) is 4.79 Å². The number of carbonyl (C=O) groups excluding carboxylic acids is 1. The number of hydrogen-bond donors (Lipinski definition) is 2. The summed E-state index contributed by atoms with van der Waals surface area (Å²) in [5.41, 5.74) is 2.96. The summed E-state index contributed by atoms with van der Waals surface area (Å²) in [6.07, 6.45) is 3.20. The maximum Gasteiger partial charge on any atom is 0.241 e. The third kappa shape index (κ3) is 4.06. The Morgan fingerprint density at radius 1 is 1.32 bits per heavy atom. The summed E-state index contributed by atoms with van der Waals surface area (Å²) in [6, 6.07) is 7.82. The van der Waals surface area contributed by atoms with Crippen molar-refractivity contribution < 1.29 is 4.79 Å². The van der Waals surface area contributed by atoms with Crippen LogP contribution in [0.25, 0.3) is 10.6 Å². The van der Waals surface area contributed by atoms with Crippen molar-refractivity contribution in [2.24, 2.45) is 0 Å². The summed E-state index contributed by atoms with van der Waals surface area (Å²) >= 11 is 1.64. The van der Waals surface area contributed by atoms with Gasteiger partial charge in [0.05, 0.1) is 6.04 Å². The van der Waals surface area contributed by atoms with Crippen LogP contribution in [0, 0.1) is 6.92 Å². The highest BCUT2D eigenvalue weighted by atomic mass is 35.5. The molecule has 1 atom stereocenters. The Morgan fingerprint density at radius 2 is 2.09 bits per heavy atom. The van der Waals surface area contributed by atoms with Gasteiger partial charge in [0, 0.05) is 22.3 Å². The van der Waals surface area contributed by atoms with Gasteiger partial charge in [-0.05, 0) is 50.6 Å². The largest absolute Gasteiger partial charge is 0.325 e. The molecule has 6 heteroatoms. The van der Waals surface area contributed by atoms with Crippen LogP contribution in [0.2, 0.25) is 0 Å². The van der Waals surface area contributed by atoms with Gasteiger partial charge in [0.2, 0.25) is 5.91 Å². The van der Waals surface area contributed by atoms with Crippen LogP contribution in [0.3, 0.4) is 0 Å². The second kappa shape index (κ2) is 7.72. The molecule has 0 bridgehead atoms. The van der Waals surface area contributed by atoms with Crippen molar-refractivity contribution in [1.29, 1.82) is 0 Å². The molecule has 1 aromatic heterocycles. The van der Waals surface area contributed by atoms with E-state index in [1.807, 2.05) is 36.6 Å². The number of aryl methyl sites for hydroxylation is 1. The first-order chi connectivity index (χ1) is 10.2. The lowest BCUT2D eigenvalue weighted by Crippen LogP contribution is -2.43. The maximum atomic E-state index is 12.1. The Hall–Kier alpha value is -1.43. The van der Waals surface area contributed by atoms with Crippen LogP contribution in [-0.2, 0) is 4.79 Å². The first-order valence-electron chi connectivity index (χ1n) is 7.29. The molecule has 0 radical (unpaired) electrons. The van der Waals surface area contributed by atoms with E-state index in [0.717, 1.165) is 47.8 Å². The van der Waals surface area contributed by atoms with Gasteiger partial charge in [-0.25, -0.2) is 4.98 Å². The zero-order valence-corrected chi connectivity index (χ0v) is 14.1. The number of thiazole rings is 1. The highest BCUT2D eigenvalue weighted by Crippen LogP contribution is 2.25. The van der Waals surface area contributed by atoms with Crippen molar-refractivity contribution in [3.8, 4) is 10.6 Å². The topological polar surface area (TPSA) is 54.0 Å². The summed E-state index contributed by atoms with van der Waals surface area (Å²) in [6.45, 7) is 2.92. The minimum Gasteiger partial charge on any atom is -0.325 e. The molecule has 1 amide bonds. The fraction of sp³-hybridized carbons (Fsp3) is 0.375. The molecular weight excluding hydrogens is 318 g/mol. The van der Waals surface area contributed by atoms with E-state index in [1.54, 1.807) is 11.3 Å². The lowest BCUT2D eigenvalue weighted by Gasteiger charge is -2.22. The Bertz CT molecular complexity index is 621. The summed E-state index contributed by atoms with van der Waals surface area (Å²) in [4.78, 5) is 16.6. The van der Waals surface area contributed by atoms with Crippen LogP contribution >= 0.6 is 23.7 Å². The van der Waals surface area contributed by atoms with Crippen molar-refractivity contribution in [2.75, 3.05) is 11.9 Å². The van der Waals surface area contributed by atoms with Crippen LogP contribution in [-0.4, -0.2) is 23.5 Å². The lowest BCUT2D eigenvalue weighted by atomic mass is 10.0. The van der Waals surface area contributed by atoms with E-state index >= 15 is 0 Å². The molecule has 1 aliphatic rings. The number of amides is 1. The van der Waals surface area contributed by atoms with Gasteiger partial charge in [-0.1, -0.05) is 6.42 Å². The molecule has 4 nitrogen and oxygen atoms in total. The first kappa shape index (κ1) is 16.9. The highest BCUT2D eigenvalue weighted by Gasteiger charge is 2.20. The Balaban J connectivity index is 0.00000176. The molecule has 1 aromatic carbocycles. The predicted octanol–water partition coefficient (Wildman–Crippen LogP) is 3.62. The molecule has 22 heavy (non-hydrogen) atoms. The molecule has 1 fully saturated rings. The van der Waals surface area contributed by atoms with Crippen LogP contribution < -0.4 is 10.6 Å². The molecular formula is C16H20ClN3OS. The Morgan fingerprint density at radius 3 is 2.68 bits per heavy atom. The number of anilines is 1. The minimum absolute atomic E-state index is 0. The number of carbonyl (C=O) groups is 1. The SMILES string of the molecule is Cc1csc(-c2ccc(NC(=O)C3CCCCN3)cc2)n1.Cl. The molecule has 3 rings (SSSR count). The normalized spacial score (nSPS) is 17.6. The third-order valence-electron chi connectivity index (χ3n) is 3.65. The van der Waals surface area contributed by atoms with Crippen LogP contribution in [0.1, 0.15) is 25.0 Å². The molecule has 0 spiro atoms. The number of benzene rings is 1. The monoisotopic (exact) mass is 337 g/mol. The van der Waals surface area contributed by atoms with Gasteiger partial charge < -0.3 is 10.6 Å². The average Bonchev–Trinajstić information content (AvgIpc) is 2.95. The minimum atomic E-state index is -0.0555. The number of aromatic nitrogens is 1. The van der Waals surface area contributed by atoms with Crippen LogP contribution in [0.5, 0.6) is 0 Å². The average molecular weight is 338 g/mol. The van der Waals surface area contributed by atoms with E-state index in [2.05, 4.69) is 15.6 Å². The molecule has 2 aromatic rings. The maximum absolute atomic E-state index is 12.1. The van der Waals surface area contributed by atoms with Crippen molar-refractivity contribution in [3.05, 3.63) is 35.3 Å². The number of nitrogens with zero attached hydrogens (tertiary/aromatic N) is 1. The number of hydrogen-bond acceptors (Lipinski definition) is 4. The van der Waals surface area contributed by atoms with Gasteiger partial charge >= 0.3 is 0 Å². The molecule has 0 saturated carbocycles. The second-order valence-corrected chi connectivity index (χ2v) is 6.22. The molecule has 1 aliphatic heterocycles. The zero-order chi connectivity index (χ0) is 14.7. The number of nitrogens with one attached hydrogen (secondary N) is 2. The molecule has 2 N–H and O–H groups in total. The van der Waals surface area contributed by atoms with E-state index in [9.17, 15) is 4.79 Å². The summed E-state index contributed by atoms with van der Waals surface area (Å²) in [5, 5.41) is 9.29. The van der Waals surface area contributed by atoms with E-state index < -0.39 is 0 Å². The van der Waals surface area contributed by atoms with E-state index in [0.29, 0.717) is 0 Å². The number of piperidine rings is 1. The van der Waals surface area contributed by atoms with Gasteiger partial charge in [0.15, 0.2) is 0 Å². The van der Waals surface area contributed by atoms with Gasteiger partial charge in [-0.15, -0.1) is 23.7 Å². The quantitative estimate of drug-likeness (QED) is 0.899. The fourth-order valence-electron chi connectivity index (χ4n) is 2.49. The smallest absolute Gasteiger partial charge is 0.241 e. The summed E-state index contributed by atoms with van der Waals surface area (Å²) in [7, 11) is 0. The number of halogens is 1. The molecule has 0 aliphatic carbocycles. The highest BCUT2D eigenvalue weighted by molar-refractivity contribution is 7.13. The summed E-state index contributed by atoms with van der Waals surface area (Å²) in [5.74, 6) is 0.0625. The van der Waals surface area contributed by atoms with Crippen molar-refractivity contribution in [2.45, 2.75) is 32.2 Å². The second-order valence-electron chi connectivity index (χ2n) is 5.36. The third-order valence-corrected chi connectivity index (χ3v) is 4.65.